The van der Waals surface area contributed by atoms with E-state index in [9.17, 15) is 14.4 Å². The molecule has 0 N–H and O–H groups in total. The zero-order chi connectivity index (χ0) is 49.3. The highest BCUT2D eigenvalue weighted by atomic mass is 16.6. The number of allylic oxidation sites excluding steroid dienone is 2. The number of unbranched alkanes of at least 4 members (excludes halogenated alkanes) is 44. The minimum atomic E-state index is -0.767. The Hall–Kier alpha value is -1.85. The molecule has 1 atom stereocenters. The van der Waals surface area contributed by atoms with Gasteiger partial charge in [0.15, 0.2) is 6.10 Å². The van der Waals surface area contributed by atoms with Gasteiger partial charge in [0, 0.05) is 19.3 Å². The van der Waals surface area contributed by atoms with Crippen LogP contribution in [-0.4, -0.2) is 37.2 Å². The highest BCUT2D eigenvalue weighted by Gasteiger charge is 2.19. The van der Waals surface area contributed by atoms with Crippen LogP contribution < -0.4 is 0 Å². The maximum absolute atomic E-state index is 12.7. The minimum absolute atomic E-state index is 0.0685. The monoisotopic (exact) mass is 959 g/mol. The van der Waals surface area contributed by atoms with Crippen LogP contribution in [0.5, 0.6) is 0 Å². The van der Waals surface area contributed by atoms with E-state index in [0.717, 1.165) is 64.2 Å². The quantitative estimate of drug-likeness (QED) is 0.0262. The second-order valence-corrected chi connectivity index (χ2v) is 21.0. The zero-order valence-corrected chi connectivity index (χ0v) is 46.2. The van der Waals surface area contributed by atoms with Crippen LogP contribution >= 0.6 is 0 Å². The van der Waals surface area contributed by atoms with Gasteiger partial charge in [0.25, 0.3) is 0 Å². The first-order chi connectivity index (χ1) is 33.5. The van der Waals surface area contributed by atoms with Gasteiger partial charge in [-0.05, 0) is 38.5 Å². The fourth-order valence-corrected chi connectivity index (χ4v) is 9.37. The number of carbonyl (C=O) groups is 3. The van der Waals surface area contributed by atoms with Crippen molar-refractivity contribution in [2.45, 2.75) is 354 Å². The van der Waals surface area contributed by atoms with E-state index in [1.165, 1.54) is 244 Å². The molecule has 0 aliphatic carbocycles. The molecular formula is C62H118O6. The van der Waals surface area contributed by atoms with E-state index in [1.54, 1.807) is 0 Å². The molecule has 0 aliphatic heterocycles. The van der Waals surface area contributed by atoms with Crippen molar-refractivity contribution in [2.24, 2.45) is 0 Å². The van der Waals surface area contributed by atoms with Gasteiger partial charge < -0.3 is 14.2 Å². The lowest BCUT2D eigenvalue weighted by Gasteiger charge is -2.18. The van der Waals surface area contributed by atoms with Gasteiger partial charge in [-0.25, -0.2) is 0 Å². The molecule has 0 radical (unpaired) electrons. The van der Waals surface area contributed by atoms with Crippen LogP contribution in [0.2, 0.25) is 0 Å². The molecular weight excluding hydrogens is 841 g/mol. The molecule has 0 fully saturated rings. The average molecular weight is 960 g/mol. The van der Waals surface area contributed by atoms with Gasteiger partial charge in [-0.1, -0.05) is 303 Å². The highest BCUT2D eigenvalue weighted by molar-refractivity contribution is 5.71. The van der Waals surface area contributed by atoms with Gasteiger partial charge in [-0.15, -0.1) is 0 Å². The van der Waals surface area contributed by atoms with Crippen molar-refractivity contribution in [3.05, 3.63) is 12.2 Å². The number of ether oxygens (including phenoxy) is 3. The summed E-state index contributed by atoms with van der Waals surface area (Å²) in [6.07, 6.45) is 66.9. The molecule has 68 heavy (non-hydrogen) atoms. The minimum Gasteiger partial charge on any atom is -0.462 e. The molecule has 0 saturated carbocycles. The predicted octanol–water partition coefficient (Wildman–Crippen LogP) is 20.5. The molecule has 1 unspecified atom stereocenters. The van der Waals surface area contributed by atoms with E-state index in [-0.39, 0.29) is 31.1 Å². The first-order valence-corrected chi connectivity index (χ1v) is 30.7. The van der Waals surface area contributed by atoms with Crippen molar-refractivity contribution in [3.8, 4) is 0 Å². The number of hydrogen-bond acceptors (Lipinski definition) is 6. The molecule has 0 heterocycles. The van der Waals surface area contributed by atoms with Gasteiger partial charge in [-0.3, -0.25) is 14.4 Å². The van der Waals surface area contributed by atoms with E-state index >= 15 is 0 Å². The van der Waals surface area contributed by atoms with Gasteiger partial charge in [0.05, 0.1) is 0 Å². The number of rotatable bonds is 57. The molecule has 0 spiro atoms. The number of esters is 3. The highest BCUT2D eigenvalue weighted by Crippen LogP contribution is 2.18. The standard InChI is InChI=1S/C62H118O6/c1-4-7-10-13-16-19-21-22-23-24-25-26-27-28-29-30-31-32-33-34-35-36-37-38-39-40-42-43-46-49-52-55-61(64)67-58-59(57-66-60(63)54-51-48-45-18-15-12-9-6-3)68-62(65)56-53-50-47-44-41-20-17-14-11-8-5-2/h14,17,59H,4-13,15-16,18-58H2,1-3H3/b17-14-. The van der Waals surface area contributed by atoms with Crippen LogP contribution in [0.25, 0.3) is 0 Å². The maximum Gasteiger partial charge on any atom is 0.306 e. The second-order valence-electron chi connectivity index (χ2n) is 21.0. The van der Waals surface area contributed by atoms with Gasteiger partial charge in [0.2, 0.25) is 0 Å². The van der Waals surface area contributed by atoms with E-state index in [1.807, 2.05) is 0 Å². The topological polar surface area (TPSA) is 78.9 Å². The largest absolute Gasteiger partial charge is 0.462 e. The third kappa shape index (κ3) is 55.1. The maximum atomic E-state index is 12.7. The summed E-state index contributed by atoms with van der Waals surface area (Å²) in [5.74, 6) is -0.864. The summed E-state index contributed by atoms with van der Waals surface area (Å²) in [6.45, 7) is 6.61. The Morgan fingerprint density at radius 3 is 0.779 bits per heavy atom. The van der Waals surface area contributed by atoms with E-state index in [0.29, 0.717) is 19.3 Å². The molecule has 6 nitrogen and oxygen atoms in total. The molecule has 0 aromatic heterocycles. The van der Waals surface area contributed by atoms with Crippen molar-refractivity contribution in [1.82, 2.24) is 0 Å². The summed E-state index contributed by atoms with van der Waals surface area (Å²) in [5, 5.41) is 0. The summed E-state index contributed by atoms with van der Waals surface area (Å²) in [6, 6.07) is 0. The molecule has 0 aromatic rings. The number of hydrogen-bond donors (Lipinski definition) is 0. The second kappa shape index (κ2) is 57.7. The summed E-state index contributed by atoms with van der Waals surface area (Å²) in [7, 11) is 0. The van der Waals surface area contributed by atoms with E-state index < -0.39 is 6.10 Å². The fraction of sp³-hybridized carbons (Fsp3) is 0.919. The molecule has 0 aliphatic rings. The lowest BCUT2D eigenvalue weighted by molar-refractivity contribution is -0.167. The summed E-state index contributed by atoms with van der Waals surface area (Å²) in [5.41, 5.74) is 0. The van der Waals surface area contributed by atoms with Crippen LogP contribution in [0.15, 0.2) is 12.2 Å². The Kier molecular flexibility index (Phi) is 56.2. The first-order valence-electron chi connectivity index (χ1n) is 30.7. The summed E-state index contributed by atoms with van der Waals surface area (Å²) in [4.78, 5) is 37.9. The molecule has 0 amide bonds. The van der Waals surface area contributed by atoms with Gasteiger partial charge >= 0.3 is 17.9 Å². The lowest BCUT2D eigenvalue weighted by Crippen LogP contribution is -2.30. The SMILES string of the molecule is CCCC/C=C\CCCCCCCC(=O)OC(COC(=O)CCCCCCCCCC)COC(=O)CCCCCCCCCCCCCCCCCCCCCCCCCCCCCCCCC. The third-order valence-corrected chi connectivity index (χ3v) is 14.0. The van der Waals surface area contributed by atoms with Gasteiger partial charge in [-0.2, -0.15) is 0 Å². The Labute approximate surface area is 424 Å². The molecule has 6 heteroatoms. The smallest absolute Gasteiger partial charge is 0.306 e. The summed E-state index contributed by atoms with van der Waals surface area (Å²) >= 11 is 0. The predicted molar refractivity (Wildman–Crippen MR) is 293 cm³/mol. The Bertz CT molecular complexity index is 1060. The third-order valence-electron chi connectivity index (χ3n) is 14.0. The number of carbonyl (C=O) groups excluding carboxylic acids is 3. The molecule has 0 bridgehead atoms. The van der Waals surface area contributed by atoms with E-state index in [2.05, 4.69) is 32.9 Å². The van der Waals surface area contributed by atoms with Gasteiger partial charge in [0.1, 0.15) is 13.2 Å². The Morgan fingerprint density at radius 1 is 0.279 bits per heavy atom. The van der Waals surface area contributed by atoms with Crippen LogP contribution in [0.3, 0.4) is 0 Å². The zero-order valence-electron chi connectivity index (χ0n) is 46.2. The normalized spacial score (nSPS) is 12.0. The van der Waals surface area contributed by atoms with Crippen molar-refractivity contribution < 1.29 is 28.6 Å². The molecule has 0 aromatic carbocycles. The Morgan fingerprint density at radius 2 is 0.500 bits per heavy atom. The van der Waals surface area contributed by atoms with Crippen LogP contribution in [0, 0.1) is 0 Å². The molecule has 0 rings (SSSR count). The van der Waals surface area contributed by atoms with Crippen LogP contribution in [-0.2, 0) is 28.6 Å². The molecule has 402 valence electrons. The molecule has 0 saturated heterocycles. The van der Waals surface area contributed by atoms with Crippen molar-refractivity contribution in [2.75, 3.05) is 13.2 Å². The fourth-order valence-electron chi connectivity index (χ4n) is 9.37. The average Bonchev–Trinajstić information content (AvgIpc) is 3.34. The summed E-state index contributed by atoms with van der Waals surface area (Å²) < 4.78 is 16.8. The Balaban J connectivity index is 3.92. The van der Waals surface area contributed by atoms with Crippen molar-refractivity contribution >= 4 is 17.9 Å². The first kappa shape index (κ1) is 66.2. The van der Waals surface area contributed by atoms with Crippen molar-refractivity contribution in [1.29, 1.82) is 0 Å². The van der Waals surface area contributed by atoms with Crippen LogP contribution in [0.1, 0.15) is 348 Å². The van der Waals surface area contributed by atoms with Crippen molar-refractivity contribution in [3.63, 3.8) is 0 Å². The lowest BCUT2D eigenvalue weighted by atomic mass is 10.0. The van der Waals surface area contributed by atoms with Crippen LogP contribution in [0.4, 0.5) is 0 Å². The van der Waals surface area contributed by atoms with E-state index in [4.69, 9.17) is 14.2 Å².